The maximum Gasteiger partial charge on any atom is 0.573 e. The van der Waals surface area contributed by atoms with Crippen molar-refractivity contribution in [2.75, 3.05) is 33.2 Å². The minimum atomic E-state index is -4.94. The van der Waals surface area contributed by atoms with Crippen molar-refractivity contribution in [1.29, 1.82) is 0 Å². The summed E-state index contributed by atoms with van der Waals surface area (Å²) in [5.41, 5.74) is -0.475. The number of benzene rings is 1. The van der Waals surface area contributed by atoms with Crippen molar-refractivity contribution in [2.45, 2.75) is 44.3 Å². The SMILES string of the molecule is CNC(=O)N1C[C@H](N(C(=O)NCc2ccc(OC(F)(F)F)cc2F)C2CC2)CC2(CNC(=O)NC2)C1. The van der Waals surface area contributed by atoms with Crippen LogP contribution >= 0.6 is 0 Å². The molecule has 14 heteroatoms. The molecule has 0 unspecified atom stereocenters. The van der Waals surface area contributed by atoms with Gasteiger partial charge in [0, 0.05) is 62.9 Å². The average molecular weight is 516 g/mol. The molecule has 6 amide bonds. The minimum absolute atomic E-state index is 0.0000777. The number of amides is 6. The maximum absolute atomic E-state index is 14.3. The first kappa shape index (κ1) is 25.6. The molecule has 1 aromatic rings. The van der Waals surface area contributed by atoms with Crippen LogP contribution in [0, 0.1) is 11.2 Å². The lowest BCUT2D eigenvalue weighted by atomic mass is 9.76. The largest absolute Gasteiger partial charge is 0.573 e. The smallest absolute Gasteiger partial charge is 0.406 e. The van der Waals surface area contributed by atoms with E-state index in [0.29, 0.717) is 32.1 Å². The third-order valence-electron chi connectivity index (χ3n) is 6.63. The summed E-state index contributed by atoms with van der Waals surface area (Å²) >= 11 is 0. The number of carbonyl (C=O) groups is 3. The number of carbonyl (C=O) groups excluding carboxylic acids is 3. The Hall–Kier alpha value is -3.45. The molecule has 36 heavy (non-hydrogen) atoms. The lowest BCUT2D eigenvalue weighted by Gasteiger charge is -2.50. The van der Waals surface area contributed by atoms with Gasteiger partial charge < -0.3 is 35.8 Å². The fourth-order valence-corrected chi connectivity index (χ4v) is 4.88. The first-order valence-corrected chi connectivity index (χ1v) is 11.6. The van der Waals surface area contributed by atoms with Gasteiger partial charge in [-0.3, -0.25) is 0 Å². The van der Waals surface area contributed by atoms with E-state index < -0.39 is 29.4 Å². The van der Waals surface area contributed by atoms with Gasteiger partial charge in [0.2, 0.25) is 0 Å². The van der Waals surface area contributed by atoms with E-state index in [-0.39, 0.29) is 42.8 Å². The summed E-state index contributed by atoms with van der Waals surface area (Å²) in [6.45, 7) is 1.14. The fourth-order valence-electron chi connectivity index (χ4n) is 4.88. The van der Waals surface area contributed by atoms with E-state index in [9.17, 15) is 31.9 Å². The molecule has 2 saturated heterocycles. The molecule has 0 bridgehead atoms. The Labute approximate surface area is 204 Å². The van der Waals surface area contributed by atoms with Crippen LogP contribution in [0.3, 0.4) is 0 Å². The van der Waals surface area contributed by atoms with Gasteiger partial charge in [0.1, 0.15) is 11.6 Å². The lowest BCUT2D eigenvalue weighted by Crippen LogP contribution is -2.67. The van der Waals surface area contributed by atoms with E-state index in [1.165, 1.54) is 7.05 Å². The van der Waals surface area contributed by atoms with Gasteiger partial charge in [-0.15, -0.1) is 13.2 Å². The standard InChI is InChI=1S/C22H28F4N6O4/c1-27-19(34)31-9-15(7-21(12-31)10-29-18(33)30-11-21)32(14-3-4-14)20(35)28-8-13-2-5-16(6-17(13)23)36-22(24,25)26/h2,5-6,14-15H,3-4,7-12H2,1H3,(H,27,34)(H,28,35)(H2,29,30,33)/t15-/m1/s1. The van der Waals surface area contributed by atoms with Crippen LogP contribution < -0.4 is 26.0 Å². The monoisotopic (exact) mass is 516 g/mol. The number of halogens is 4. The zero-order valence-corrected chi connectivity index (χ0v) is 19.6. The highest BCUT2D eigenvalue weighted by molar-refractivity contribution is 5.77. The highest BCUT2D eigenvalue weighted by Crippen LogP contribution is 2.37. The number of urea groups is 3. The summed E-state index contributed by atoms with van der Waals surface area (Å²) < 4.78 is 55.2. The van der Waals surface area contributed by atoms with Crippen molar-refractivity contribution in [2.24, 2.45) is 5.41 Å². The van der Waals surface area contributed by atoms with Gasteiger partial charge in [-0.25, -0.2) is 18.8 Å². The van der Waals surface area contributed by atoms with Gasteiger partial charge in [-0.2, -0.15) is 0 Å². The zero-order chi connectivity index (χ0) is 26.1. The molecule has 3 fully saturated rings. The number of hydrogen-bond donors (Lipinski definition) is 4. The number of nitrogens with zero attached hydrogens (tertiary/aromatic N) is 2. The Morgan fingerprint density at radius 2 is 1.92 bits per heavy atom. The normalized spacial score (nSPS) is 21.3. The van der Waals surface area contributed by atoms with Crippen LogP contribution in [-0.4, -0.2) is 79.6 Å². The van der Waals surface area contributed by atoms with Crippen molar-refractivity contribution in [3.8, 4) is 5.75 Å². The van der Waals surface area contributed by atoms with Crippen LogP contribution in [0.4, 0.5) is 31.9 Å². The molecule has 10 nitrogen and oxygen atoms in total. The third-order valence-corrected chi connectivity index (χ3v) is 6.63. The molecular weight excluding hydrogens is 488 g/mol. The van der Waals surface area contributed by atoms with E-state index >= 15 is 0 Å². The van der Waals surface area contributed by atoms with Gasteiger partial charge in [0.15, 0.2) is 0 Å². The Bertz CT molecular complexity index is 1010. The molecule has 4 N–H and O–H groups in total. The zero-order valence-electron chi connectivity index (χ0n) is 19.6. The van der Waals surface area contributed by atoms with E-state index in [1.54, 1.807) is 9.80 Å². The van der Waals surface area contributed by atoms with Crippen LogP contribution in [0.5, 0.6) is 5.75 Å². The highest BCUT2D eigenvalue weighted by atomic mass is 19.4. The summed E-state index contributed by atoms with van der Waals surface area (Å²) in [5.74, 6) is -1.63. The number of ether oxygens (including phenoxy) is 1. The summed E-state index contributed by atoms with van der Waals surface area (Å²) in [7, 11) is 1.52. The minimum Gasteiger partial charge on any atom is -0.406 e. The highest BCUT2D eigenvalue weighted by Gasteiger charge is 2.48. The first-order chi connectivity index (χ1) is 17.0. The third kappa shape index (κ3) is 6.02. The Morgan fingerprint density at radius 1 is 1.22 bits per heavy atom. The Kier molecular flexibility index (Phi) is 7.05. The fraction of sp³-hybridized carbons (Fsp3) is 0.591. The summed E-state index contributed by atoms with van der Waals surface area (Å²) in [5, 5.41) is 10.8. The molecule has 1 saturated carbocycles. The van der Waals surface area contributed by atoms with Crippen molar-refractivity contribution in [3.05, 3.63) is 29.6 Å². The van der Waals surface area contributed by atoms with Crippen LogP contribution in [0.15, 0.2) is 18.2 Å². The summed E-state index contributed by atoms with van der Waals surface area (Å²) in [6.07, 6.45) is -2.84. The van der Waals surface area contributed by atoms with E-state index in [4.69, 9.17) is 0 Å². The number of alkyl halides is 3. The summed E-state index contributed by atoms with van der Waals surface area (Å²) in [6, 6.07) is 1.27. The molecule has 1 aliphatic carbocycles. The van der Waals surface area contributed by atoms with Gasteiger partial charge in [0.25, 0.3) is 0 Å². The molecular formula is C22H28F4N6O4. The summed E-state index contributed by atoms with van der Waals surface area (Å²) in [4.78, 5) is 40.7. The Morgan fingerprint density at radius 3 is 2.50 bits per heavy atom. The predicted molar refractivity (Wildman–Crippen MR) is 118 cm³/mol. The topological polar surface area (TPSA) is 115 Å². The van der Waals surface area contributed by atoms with Crippen LogP contribution in [0.25, 0.3) is 0 Å². The number of rotatable bonds is 5. The van der Waals surface area contributed by atoms with Crippen molar-refractivity contribution in [1.82, 2.24) is 31.1 Å². The first-order valence-electron chi connectivity index (χ1n) is 11.6. The van der Waals surface area contributed by atoms with Crippen molar-refractivity contribution < 1.29 is 36.7 Å². The molecule has 0 aromatic heterocycles. The maximum atomic E-state index is 14.3. The van der Waals surface area contributed by atoms with Crippen molar-refractivity contribution >= 4 is 18.1 Å². The molecule has 1 spiro atoms. The van der Waals surface area contributed by atoms with Gasteiger partial charge in [-0.05, 0) is 25.3 Å². The molecule has 2 aliphatic heterocycles. The van der Waals surface area contributed by atoms with Crippen molar-refractivity contribution in [3.63, 3.8) is 0 Å². The van der Waals surface area contributed by atoms with Crippen LogP contribution in [0.1, 0.15) is 24.8 Å². The van der Waals surface area contributed by atoms with Gasteiger partial charge in [0.05, 0.1) is 6.04 Å². The molecule has 3 aliphatic rings. The second kappa shape index (κ2) is 9.90. The molecule has 1 atom stereocenters. The lowest BCUT2D eigenvalue weighted by molar-refractivity contribution is -0.274. The second-order valence-electron chi connectivity index (χ2n) is 9.43. The number of nitrogens with one attached hydrogen (secondary N) is 4. The van der Waals surface area contributed by atoms with Gasteiger partial charge in [-0.1, -0.05) is 6.07 Å². The van der Waals surface area contributed by atoms with E-state index in [2.05, 4.69) is 26.0 Å². The second-order valence-corrected chi connectivity index (χ2v) is 9.43. The van der Waals surface area contributed by atoms with Gasteiger partial charge >= 0.3 is 24.5 Å². The quantitative estimate of drug-likeness (QED) is 0.449. The van der Waals surface area contributed by atoms with E-state index in [0.717, 1.165) is 25.0 Å². The molecule has 1 aromatic carbocycles. The average Bonchev–Trinajstić information content (AvgIpc) is 3.64. The molecule has 198 valence electrons. The number of hydrogen-bond acceptors (Lipinski definition) is 4. The molecule has 0 radical (unpaired) electrons. The molecule has 2 heterocycles. The predicted octanol–water partition coefficient (Wildman–Crippen LogP) is 2.11. The van der Waals surface area contributed by atoms with Crippen LogP contribution in [0.2, 0.25) is 0 Å². The molecule has 4 rings (SSSR count). The number of likely N-dealkylation sites (tertiary alicyclic amines) is 1. The van der Waals surface area contributed by atoms with E-state index in [1.807, 2.05) is 0 Å². The Balaban J connectivity index is 1.47. The van der Waals surface area contributed by atoms with Crippen LogP contribution in [-0.2, 0) is 6.54 Å². The number of piperidine rings is 1.